The summed E-state index contributed by atoms with van der Waals surface area (Å²) < 4.78 is 0. The number of aromatic nitrogens is 1. The van der Waals surface area contributed by atoms with Crippen LogP contribution in [0.2, 0.25) is 0 Å². The van der Waals surface area contributed by atoms with Crippen LogP contribution in [0.5, 0.6) is 0 Å². The van der Waals surface area contributed by atoms with Crippen molar-refractivity contribution in [2.24, 2.45) is 0 Å². The standard InChI is InChI=1S/C22H20N2O/c1-16-9-10-20-18(14-16)11-13-24(21(20)19-8-5-12-23-15-19)22(25)17-6-3-2-4-7-17/h2-10,12,14-15,21H,11,13H2,1H3. The highest BCUT2D eigenvalue weighted by molar-refractivity contribution is 5.95. The molecule has 3 heteroatoms. The van der Waals surface area contributed by atoms with Crippen molar-refractivity contribution in [3.63, 3.8) is 0 Å². The maximum Gasteiger partial charge on any atom is 0.254 e. The van der Waals surface area contributed by atoms with E-state index in [2.05, 4.69) is 36.2 Å². The largest absolute Gasteiger partial charge is 0.327 e. The number of pyridine rings is 1. The highest BCUT2D eigenvalue weighted by Gasteiger charge is 2.32. The zero-order chi connectivity index (χ0) is 17.2. The Morgan fingerprint density at radius 1 is 1.08 bits per heavy atom. The molecule has 0 saturated heterocycles. The molecule has 2 heterocycles. The summed E-state index contributed by atoms with van der Waals surface area (Å²) in [5.74, 6) is 0.0701. The molecule has 4 rings (SSSR count). The van der Waals surface area contributed by atoms with Gasteiger partial charge in [-0.15, -0.1) is 0 Å². The maximum atomic E-state index is 13.2. The smallest absolute Gasteiger partial charge is 0.254 e. The van der Waals surface area contributed by atoms with Crippen LogP contribution in [0.1, 0.15) is 38.7 Å². The molecule has 1 aromatic heterocycles. The zero-order valence-electron chi connectivity index (χ0n) is 14.2. The van der Waals surface area contributed by atoms with Crippen LogP contribution in [0.15, 0.2) is 73.1 Å². The zero-order valence-corrected chi connectivity index (χ0v) is 14.2. The molecule has 0 bridgehead atoms. The summed E-state index contributed by atoms with van der Waals surface area (Å²) in [6.45, 7) is 2.82. The molecule has 0 saturated carbocycles. The molecule has 2 aromatic carbocycles. The van der Waals surface area contributed by atoms with Crippen molar-refractivity contribution >= 4 is 5.91 Å². The number of fused-ring (bicyclic) bond motifs is 1. The van der Waals surface area contributed by atoms with E-state index in [9.17, 15) is 4.79 Å². The maximum absolute atomic E-state index is 13.2. The fourth-order valence-corrected chi connectivity index (χ4v) is 3.62. The fourth-order valence-electron chi connectivity index (χ4n) is 3.62. The van der Waals surface area contributed by atoms with E-state index in [0.29, 0.717) is 6.54 Å². The minimum Gasteiger partial charge on any atom is -0.327 e. The molecular formula is C22H20N2O. The molecule has 25 heavy (non-hydrogen) atoms. The van der Waals surface area contributed by atoms with Crippen molar-refractivity contribution in [1.82, 2.24) is 9.88 Å². The third-order valence-electron chi connectivity index (χ3n) is 4.81. The molecule has 124 valence electrons. The molecule has 0 fully saturated rings. The number of carbonyl (C=O) groups excluding carboxylic acids is 1. The Kier molecular flexibility index (Phi) is 4.06. The third kappa shape index (κ3) is 2.93. The second kappa shape index (κ2) is 6.52. The summed E-state index contributed by atoms with van der Waals surface area (Å²) in [5.41, 5.74) is 5.56. The summed E-state index contributed by atoms with van der Waals surface area (Å²) in [6, 6.07) is 19.9. The van der Waals surface area contributed by atoms with E-state index in [1.807, 2.05) is 47.5 Å². The molecule has 3 aromatic rings. The van der Waals surface area contributed by atoms with E-state index in [-0.39, 0.29) is 11.9 Å². The van der Waals surface area contributed by atoms with Gasteiger partial charge in [0.1, 0.15) is 0 Å². The van der Waals surface area contributed by atoms with Crippen LogP contribution >= 0.6 is 0 Å². The van der Waals surface area contributed by atoms with E-state index < -0.39 is 0 Å². The Hall–Kier alpha value is -2.94. The lowest BCUT2D eigenvalue weighted by Gasteiger charge is -2.38. The van der Waals surface area contributed by atoms with Crippen molar-refractivity contribution in [3.05, 3.63) is 101 Å². The lowest BCUT2D eigenvalue weighted by Crippen LogP contribution is -2.40. The number of hydrogen-bond donors (Lipinski definition) is 0. The van der Waals surface area contributed by atoms with E-state index >= 15 is 0 Å². The number of nitrogens with zero attached hydrogens (tertiary/aromatic N) is 2. The summed E-state index contributed by atoms with van der Waals surface area (Å²) in [7, 11) is 0. The number of amides is 1. The Bertz CT molecular complexity index is 890. The second-order valence-corrected chi connectivity index (χ2v) is 6.51. The minimum absolute atomic E-state index is 0.0701. The number of aryl methyl sites for hydroxylation is 1. The first-order valence-electron chi connectivity index (χ1n) is 8.59. The first-order chi connectivity index (χ1) is 12.2. The molecule has 1 atom stereocenters. The van der Waals surface area contributed by atoms with Crippen LogP contribution in [0.25, 0.3) is 0 Å². The second-order valence-electron chi connectivity index (χ2n) is 6.51. The van der Waals surface area contributed by atoms with Crippen LogP contribution in [-0.2, 0) is 6.42 Å². The third-order valence-corrected chi connectivity index (χ3v) is 4.81. The first-order valence-corrected chi connectivity index (χ1v) is 8.59. The predicted octanol–water partition coefficient (Wildman–Crippen LogP) is 4.18. The van der Waals surface area contributed by atoms with Gasteiger partial charge in [-0.1, -0.05) is 48.0 Å². The highest BCUT2D eigenvalue weighted by Crippen LogP contribution is 2.36. The molecule has 0 radical (unpaired) electrons. The van der Waals surface area contributed by atoms with Gasteiger partial charge in [0.15, 0.2) is 0 Å². The summed E-state index contributed by atoms with van der Waals surface area (Å²) >= 11 is 0. The summed E-state index contributed by atoms with van der Waals surface area (Å²) in [6.07, 6.45) is 4.52. The van der Waals surface area contributed by atoms with Crippen LogP contribution in [0.3, 0.4) is 0 Å². The van der Waals surface area contributed by atoms with Gasteiger partial charge in [-0.05, 0) is 48.2 Å². The Labute approximate surface area is 148 Å². The Morgan fingerprint density at radius 2 is 1.92 bits per heavy atom. The summed E-state index contributed by atoms with van der Waals surface area (Å²) in [4.78, 5) is 19.4. The van der Waals surface area contributed by atoms with E-state index in [4.69, 9.17) is 0 Å². The van der Waals surface area contributed by atoms with E-state index in [1.165, 1.54) is 16.7 Å². The van der Waals surface area contributed by atoms with Gasteiger partial charge in [-0.2, -0.15) is 0 Å². The number of rotatable bonds is 2. The van der Waals surface area contributed by atoms with Crippen molar-refractivity contribution in [1.29, 1.82) is 0 Å². The molecule has 1 amide bonds. The van der Waals surface area contributed by atoms with Gasteiger partial charge in [0, 0.05) is 24.5 Å². The lowest BCUT2D eigenvalue weighted by molar-refractivity contribution is 0.0694. The SMILES string of the molecule is Cc1ccc2c(c1)CCN(C(=O)c1ccccc1)C2c1cccnc1. The van der Waals surface area contributed by atoms with Gasteiger partial charge in [0.05, 0.1) is 6.04 Å². The normalized spacial score (nSPS) is 16.4. The van der Waals surface area contributed by atoms with E-state index in [0.717, 1.165) is 17.5 Å². The van der Waals surface area contributed by atoms with E-state index in [1.54, 1.807) is 6.20 Å². The molecule has 3 nitrogen and oxygen atoms in total. The fraction of sp³-hybridized carbons (Fsp3) is 0.182. The highest BCUT2D eigenvalue weighted by atomic mass is 16.2. The Morgan fingerprint density at radius 3 is 2.68 bits per heavy atom. The van der Waals surface area contributed by atoms with Crippen LogP contribution in [0, 0.1) is 6.92 Å². The number of hydrogen-bond acceptors (Lipinski definition) is 2. The molecule has 1 aliphatic heterocycles. The predicted molar refractivity (Wildman–Crippen MR) is 98.4 cm³/mol. The van der Waals surface area contributed by atoms with Crippen molar-refractivity contribution in [3.8, 4) is 0 Å². The van der Waals surface area contributed by atoms with Gasteiger partial charge >= 0.3 is 0 Å². The average molecular weight is 328 g/mol. The summed E-state index contributed by atoms with van der Waals surface area (Å²) in [5, 5.41) is 0. The van der Waals surface area contributed by atoms with Gasteiger partial charge in [-0.25, -0.2) is 0 Å². The molecular weight excluding hydrogens is 308 g/mol. The van der Waals surface area contributed by atoms with Crippen LogP contribution in [-0.4, -0.2) is 22.3 Å². The van der Waals surface area contributed by atoms with Gasteiger partial charge in [0.25, 0.3) is 5.91 Å². The quantitative estimate of drug-likeness (QED) is 0.707. The average Bonchev–Trinajstić information content (AvgIpc) is 2.67. The van der Waals surface area contributed by atoms with Crippen LogP contribution in [0.4, 0.5) is 0 Å². The molecule has 1 unspecified atom stereocenters. The Balaban J connectivity index is 1.81. The minimum atomic E-state index is -0.0919. The topological polar surface area (TPSA) is 33.2 Å². The van der Waals surface area contributed by atoms with Gasteiger partial charge in [-0.3, -0.25) is 9.78 Å². The van der Waals surface area contributed by atoms with Gasteiger partial charge in [0.2, 0.25) is 0 Å². The van der Waals surface area contributed by atoms with Crippen molar-refractivity contribution in [2.45, 2.75) is 19.4 Å². The van der Waals surface area contributed by atoms with Crippen molar-refractivity contribution in [2.75, 3.05) is 6.54 Å². The van der Waals surface area contributed by atoms with Gasteiger partial charge < -0.3 is 4.90 Å². The molecule has 0 aliphatic carbocycles. The molecule has 1 aliphatic rings. The monoisotopic (exact) mass is 328 g/mol. The first kappa shape index (κ1) is 15.6. The van der Waals surface area contributed by atoms with Crippen LogP contribution < -0.4 is 0 Å². The number of carbonyl (C=O) groups is 1. The number of benzene rings is 2. The van der Waals surface area contributed by atoms with Crippen molar-refractivity contribution < 1.29 is 4.79 Å². The molecule has 0 N–H and O–H groups in total. The molecule has 0 spiro atoms. The lowest BCUT2D eigenvalue weighted by atomic mass is 9.87.